The maximum Gasteiger partial charge on any atom is 0.323 e. The lowest BCUT2D eigenvalue weighted by molar-refractivity contribution is -0.177. The fourth-order valence-corrected chi connectivity index (χ4v) is 3.42. The normalized spacial score (nSPS) is 22.0. The predicted octanol–water partition coefficient (Wildman–Crippen LogP) is 2.97. The van der Waals surface area contributed by atoms with E-state index in [9.17, 15) is 14.7 Å². The number of benzene rings is 1. The zero-order valence-corrected chi connectivity index (χ0v) is 14.9. The Kier molecular flexibility index (Phi) is 6.37. The highest BCUT2D eigenvalue weighted by Gasteiger charge is 2.54. The van der Waals surface area contributed by atoms with Crippen LogP contribution in [0.5, 0.6) is 0 Å². The highest BCUT2D eigenvalue weighted by Crippen LogP contribution is 2.46. The largest absolute Gasteiger partial charge is 0.465 e. The van der Waals surface area contributed by atoms with E-state index in [4.69, 9.17) is 9.47 Å². The topological polar surface area (TPSA) is 72.8 Å². The van der Waals surface area contributed by atoms with Gasteiger partial charge in [0.15, 0.2) is 5.41 Å². The monoisotopic (exact) mass is 346 g/mol. The highest BCUT2D eigenvalue weighted by atomic mass is 16.6. The quantitative estimate of drug-likeness (QED) is 0.633. The van der Waals surface area contributed by atoms with E-state index < -0.39 is 29.4 Å². The molecule has 0 aromatic heterocycles. The van der Waals surface area contributed by atoms with E-state index in [1.807, 2.05) is 30.3 Å². The molecule has 2 atom stereocenters. The van der Waals surface area contributed by atoms with E-state index in [1.165, 1.54) is 0 Å². The maximum absolute atomic E-state index is 12.6. The lowest BCUT2D eigenvalue weighted by Gasteiger charge is -2.40. The average Bonchev–Trinajstić information content (AvgIpc) is 2.63. The molecule has 136 valence electrons. The van der Waals surface area contributed by atoms with Crippen LogP contribution in [0.2, 0.25) is 0 Å². The van der Waals surface area contributed by atoms with Gasteiger partial charge in [-0.25, -0.2) is 0 Å². The average molecular weight is 346 g/mol. The summed E-state index contributed by atoms with van der Waals surface area (Å²) in [4.78, 5) is 25.2. The molecule has 25 heavy (non-hydrogen) atoms. The minimum atomic E-state index is -1.38. The van der Waals surface area contributed by atoms with Gasteiger partial charge >= 0.3 is 11.9 Å². The van der Waals surface area contributed by atoms with Gasteiger partial charge in [0.25, 0.3) is 0 Å². The maximum atomic E-state index is 12.6. The molecule has 0 heterocycles. The number of hydrogen-bond acceptors (Lipinski definition) is 5. The molecule has 1 aromatic rings. The van der Waals surface area contributed by atoms with Crippen LogP contribution in [0.1, 0.15) is 38.7 Å². The summed E-state index contributed by atoms with van der Waals surface area (Å²) < 4.78 is 10.3. The summed E-state index contributed by atoms with van der Waals surface area (Å²) in [7, 11) is 0. The van der Waals surface area contributed by atoms with E-state index >= 15 is 0 Å². The van der Waals surface area contributed by atoms with Crippen molar-refractivity contribution in [2.24, 2.45) is 11.3 Å². The third-order valence-corrected chi connectivity index (χ3v) is 4.82. The van der Waals surface area contributed by atoms with E-state index in [-0.39, 0.29) is 26.1 Å². The van der Waals surface area contributed by atoms with Gasteiger partial charge in [-0.15, -0.1) is 0 Å². The van der Waals surface area contributed by atoms with Crippen molar-refractivity contribution in [2.75, 3.05) is 13.2 Å². The second-order valence-corrected chi connectivity index (χ2v) is 6.33. The SMILES string of the molecule is C=C(c1ccccc1)[C@H]1CC(C(=O)OCC)(C(=O)OCC)CC[C@H]1O. The Morgan fingerprint density at radius 2 is 1.72 bits per heavy atom. The zero-order chi connectivity index (χ0) is 18.4. The Bertz CT molecular complexity index is 604. The number of aliphatic hydroxyl groups is 1. The van der Waals surface area contributed by atoms with E-state index in [2.05, 4.69) is 6.58 Å². The third-order valence-electron chi connectivity index (χ3n) is 4.82. The molecule has 1 aliphatic rings. The van der Waals surface area contributed by atoms with Crippen LogP contribution in [-0.2, 0) is 19.1 Å². The summed E-state index contributed by atoms with van der Waals surface area (Å²) in [6, 6.07) is 9.48. The highest BCUT2D eigenvalue weighted by molar-refractivity contribution is 6.00. The Morgan fingerprint density at radius 3 is 2.24 bits per heavy atom. The minimum Gasteiger partial charge on any atom is -0.465 e. The fourth-order valence-electron chi connectivity index (χ4n) is 3.42. The molecule has 2 rings (SSSR count). The van der Waals surface area contributed by atoms with Crippen molar-refractivity contribution in [1.29, 1.82) is 0 Å². The van der Waals surface area contributed by atoms with Gasteiger partial charge in [0.05, 0.1) is 19.3 Å². The van der Waals surface area contributed by atoms with Gasteiger partial charge in [-0.05, 0) is 44.2 Å². The van der Waals surface area contributed by atoms with Crippen molar-refractivity contribution in [3.8, 4) is 0 Å². The summed E-state index contributed by atoms with van der Waals surface area (Å²) in [5, 5.41) is 10.5. The number of aliphatic hydroxyl groups excluding tert-OH is 1. The number of hydrogen-bond donors (Lipinski definition) is 1. The molecular formula is C20H26O5. The summed E-state index contributed by atoms with van der Waals surface area (Å²) in [6.07, 6.45) is 0.00246. The number of esters is 2. The van der Waals surface area contributed by atoms with Crippen LogP contribution in [0, 0.1) is 11.3 Å². The Labute approximate surface area is 148 Å². The summed E-state index contributed by atoms with van der Waals surface area (Å²) in [6.45, 7) is 7.89. The van der Waals surface area contributed by atoms with Crippen LogP contribution in [0.4, 0.5) is 0 Å². The molecular weight excluding hydrogens is 320 g/mol. The summed E-state index contributed by atoms with van der Waals surface area (Å²) in [5.74, 6) is -1.57. The van der Waals surface area contributed by atoms with Gasteiger partial charge in [-0.2, -0.15) is 0 Å². The first-order chi connectivity index (χ1) is 12.0. The zero-order valence-electron chi connectivity index (χ0n) is 14.9. The molecule has 0 radical (unpaired) electrons. The van der Waals surface area contributed by atoms with Gasteiger partial charge in [0.1, 0.15) is 0 Å². The van der Waals surface area contributed by atoms with Crippen LogP contribution in [0.15, 0.2) is 36.9 Å². The molecule has 1 saturated carbocycles. The van der Waals surface area contributed by atoms with Gasteiger partial charge < -0.3 is 14.6 Å². The van der Waals surface area contributed by atoms with E-state index in [0.29, 0.717) is 12.0 Å². The molecule has 1 aromatic carbocycles. The molecule has 5 heteroatoms. The van der Waals surface area contributed by atoms with Crippen molar-refractivity contribution in [1.82, 2.24) is 0 Å². The summed E-state index contributed by atoms with van der Waals surface area (Å²) >= 11 is 0. The second kappa shape index (κ2) is 8.30. The predicted molar refractivity (Wildman–Crippen MR) is 94.5 cm³/mol. The van der Waals surface area contributed by atoms with Crippen LogP contribution in [0.3, 0.4) is 0 Å². The molecule has 1 fully saturated rings. The molecule has 5 nitrogen and oxygen atoms in total. The second-order valence-electron chi connectivity index (χ2n) is 6.33. The standard InChI is InChI=1S/C20H26O5/c1-4-24-18(22)20(19(23)25-5-2)12-11-17(21)16(13-20)14(3)15-9-7-6-8-10-15/h6-10,16-17,21H,3-5,11-13H2,1-2H3/t16-,17-/m1/s1. The van der Waals surface area contributed by atoms with Crippen molar-refractivity contribution in [3.63, 3.8) is 0 Å². The number of carbonyl (C=O) groups excluding carboxylic acids is 2. The van der Waals surface area contributed by atoms with Crippen molar-refractivity contribution < 1.29 is 24.2 Å². The number of carbonyl (C=O) groups is 2. The summed E-state index contributed by atoms with van der Waals surface area (Å²) in [5.41, 5.74) is 0.217. The van der Waals surface area contributed by atoms with Crippen LogP contribution >= 0.6 is 0 Å². The molecule has 0 bridgehead atoms. The van der Waals surface area contributed by atoms with Crippen LogP contribution < -0.4 is 0 Å². The first kappa shape index (κ1) is 19.2. The lowest BCUT2D eigenvalue weighted by Crippen LogP contribution is -2.49. The van der Waals surface area contributed by atoms with Gasteiger partial charge in [0.2, 0.25) is 0 Å². The molecule has 0 spiro atoms. The Balaban J connectivity index is 2.34. The molecule has 0 amide bonds. The molecule has 1 N–H and O–H groups in total. The van der Waals surface area contributed by atoms with Crippen LogP contribution in [-0.4, -0.2) is 36.4 Å². The molecule has 0 saturated heterocycles. The van der Waals surface area contributed by atoms with Crippen molar-refractivity contribution in [3.05, 3.63) is 42.5 Å². The third kappa shape index (κ3) is 3.93. The van der Waals surface area contributed by atoms with Crippen molar-refractivity contribution >= 4 is 17.5 Å². The minimum absolute atomic E-state index is 0.138. The van der Waals surface area contributed by atoms with E-state index in [1.54, 1.807) is 13.8 Å². The smallest absolute Gasteiger partial charge is 0.323 e. The van der Waals surface area contributed by atoms with Crippen LogP contribution in [0.25, 0.3) is 5.57 Å². The molecule has 0 unspecified atom stereocenters. The van der Waals surface area contributed by atoms with Crippen molar-refractivity contribution in [2.45, 2.75) is 39.2 Å². The van der Waals surface area contributed by atoms with Gasteiger partial charge in [-0.3, -0.25) is 9.59 Å². The number of ether oxygens (including phenoxy) is 2. The molecule has 0 aliphatic heterocycles. The van der Waals surface area contributed by atoms with Gasteiger partial charge in [-0.1, -0.05) is 36.9 Å². The number of rotatable bonds is 6. The lowest BCUT2D eigenvalue weighted by atomic mass is 9.65. The fraction of sp³-hybridized carbons (Fsp3) is 0.500. The first-order valence-electron chi connectivity index (χ1n) is 8.73. The first-order valence-corrected chi connectivity index (χ1v) is 8.73. The van der Waals surface area contributed by atoms with Gasteiger partial charge in [0, 0.05) is 5.92 Å². The Morgan fingerprint density at radius 1 is 1.16 bits per heavy atom. The molecule has 1 aliphatic carbocycles. The Hall–Kier alpha value is -2.14. The van der Waals surface area contributed by atoms with E-state index in [0.717, 1.165) is 5.56 Å².